The van der Waals surface area contributed by atoms with Gasteiger partial charge < -0.3 is 15.5 Å². The smallest absolute Gasteiger partial charge is 0.351 e. The minimum Gasteiger partial charge on any atom is -0.351 e. The highest BCUT2D eigenvalue weighted by molar-refractivity contribution is 6.05. The second-order valence-corrected chi connectivity index (χ2v) is 8.68. The van der Waals surface area contributed by atoms with Crippen LogP contribution in [0.3, 0.4) is 0 Å². The van der Waals surface area contributed by atoms with E-state index in [2.05, 4.69) is 10.2 Å². The Labute approximate surface area is 192 Å². The number of amides is 5. The van der Waals surface area contributed by atoms with Crippen LogP contribution < -0.4 is 16.0 Å². The lowest BCUT2D eigenvalue weighted by atomic mass is 9.97. The van der Waals surface area contributed by atoms with E-state index in [4.69, 9.17) is 10.6 Å². The molecule has 1 aromatic carbocycles. The third-order valence-electron chi connectivity index (χ3n) is 6.45. The lowest BCUT2D eigenvalue weighted by Gasteiger charge is -2.38. The molecule has 178 valence electrons. The number of piperazine rings is 1. The number of anilines is 1. The van der Waals surface area contributed by atoms with E-state index in [9.17, 15) is 19.2 Å². The van der Waals surface area contributed by atoms with Gasteiger partial charge in [-0.1, -0.05) is 0 Å². The molecule has 33 heavy (non-hydrogen) atoms. The Morgan fingerprint density at radius 2 is 1.64 bits per heavy atom. The number of primary amides is 1. The normalized spacial score (nSPS) is 21.1. The van der Waals surface area contributed by atoms with Crippen molar-refractivity contribution in [1.29, 1.82) is 0 Å². The van der Waals surface area contributed by atoms with Crippen LogP contribution in [0.15, 0.2) is 24.3 Å². The largest absolute Gasteiger partial charge is 0.423 e. The first-order valence-electron chi connectivity index (χ1n) is 11.3. The van der Waals surface area contributed by atoms with Crippen molar-refractivity contribution in [3.05, 3.63) is 29.8 Å². The zero-order valence-electron chi connectivity index (χ0n) is 18.6. The minimum atomic E-state index is -0.766. The molecule has 4 rings (SSSR count). The van der Waals surface area contributed by atoms with Crippen molar-refractivity contribution >= 4 is 29.6 Å². The molecule has 5 amide bonds. The number of carbonyl (C=O) groups is 4. The number of imide groups is 1. The number of nitrogens with two attached hydrogens (primary N) is 1. The Kier molecular flexibility index (Phi) is 7.09. The van der Waals surface area contributed by atoms with Gasteiger partial charge in [0.25, 0.3) is 5.91 Å². The van der Waals surface area contributed by atoms with E-state index >= 15 is 0 Å². The molecule has 3 aliphatic heterocycles. The van der Waals surface area contributed by atoms with Crippen molar-refractivity contribution in [1.82, 2.24) is 20.2 Å². The summed E-state index contributed by atoms with van der Waals surface area (Å²) in [4.78, 5) is 57.8. The summed E-state index contributed by atoms with van der Waals surface area (Å²) in [6, 6.07) is 6.51. The van der Waals surface area contributed by atoms with Gasteiger partial charge in [0.05, 0.1) is 0 Å². The third kappa shape index (κ3) is 5.79. The summed E-state index contributed by atoms with van der Waals surface area (Å²) in [5.41, 5.74) is 6.31. The average Bonchev–Trinajstić information content (AvgIpc) is 2.80. The number of urea groups is 1. The van der Waals surface area contributed by atoms with Gasteiger partial charge in [-0.15, -0.1) is 5.06 Å². The summed E-state index contributed by atoms with van der Waals surface area (Å²) in [6.07, 6.45) is 1.39. The molecule has 11 nitrogen and oxygen atoms in total. The van der Waals surface area contributed by atoms with Crippen LogP contribution in [0.1, 0.15) is 29.6 Å². The summed E-state index contributed by atoms with van der Waals surface area (Å²) in [6.45, 7) is 5.67. The molecule has 3 saturated heterocycles. The van der Waals surface area contributed by atoms with Crippen LogP contribution in [-0.4, -0.2) is 91.2 Å². The third-order valence-corrected chi connectivity index (χ3v) is 6.45. The maximum atomic E-state index is 12.9. The molecule has 0 saturated carbocycles. The highest BCUT2D eigenvalue weighted by atomic mass is 16.7. The van der Waals surface area contributed by atoms with E-state index in [-0.39, 0.29) is 18.2 Å². The molecule has 0 aliphatic carbocycles. The molecule has 0 bridgehead atoms. The van der Waals surface area contributed by atoms with Crippen LogP contribution >= 0.6 is 0 Å². The molecule has 3 N–H and O–H groups in total. The first kappa shape index (κ1) is 23.0. The molecule has 0 radical (unpaired) electrons. The van der Waals surface area contributed by atoms with Crippen LogP contribution in [0.4, 0.5) is 15.3 Å². The van der Waals surface area contributed by atoms with Crippen molar-refractivity contribution in [3.63, 3.8) is 0 Å². The number of hydrogen-bond donors (Lipinski definition) is 2. The quantitative estimate of drug-likeness (QED) is 0.662. The molecular formula is C22H30N6O5. The Morgan fingerprint density at radius 3 is 2.24 bits per heavy atom. The Morgan fingerprint density at radius 1 is 0.970 bits per heavy atom. The van der Waals surface area contributed by atoms with Crippen LogP contribution in [0.2, 0.25) is 0 Å². The zero-order valence-corrected chi connectivity index (χ0v) is 18.6. The number of carbonyl (C=O) groups excluding carboxylic acids is 4. The maximum Gasteiger partial charge on any atom is 0.423 e. The number of benzene rings is 1. The topological polar surface area (TPSA) is 129 Å². The van der Waals surface area contributed by atoms with Gasteiger partial charge in [-0.25, -0.2) is 9.59 Å². The van der Waals surface area contributed by atoms with Gasteiger partial charge in [-0.05, 0) is 43.0 Å². The molecular weight excluding hydrogens is 428 g/mol. The minimum absolute atomic E-state index is 0.0172. The summed E-state index contributed by atoms with van der Waals surface area (Å²) in [7, 11) is 0. The van der Waals surface area contributed by atoms with Gasteiger partial charge in [-0.3, -0.25) is 24.7 Å². The summed E-state index contributed by atoms with van der Waals surface area (Å²) in [5, 5.41) is 3.92. The standard InChI is InChI=1S/C22H30N6O5/c23-21(31)33-27-8-5-16(6-9-27)15-25-11-13-26(14-12-25)20(30)17-1-3-18(4-2-17)28-10-7-19(29)24-22(28)32/h1-4,16H,5-15H2,(H2,23,31)(H,24,29,32). The monoisotopic (exact) mass is 458 g/mol. The van der Waals surface area contributed by atoms with E-state index in [0.717, 1.165) is 32.5 Å². The van der Waals surface area contributed by atoms with Crippen LogP contribution in [0.5, 0.6) is 0 Å². The van der Waals surface area contributed by atoms with E-state index in [0.29, 0.717) is 49.9 Å². The Bertz CT molecular complexity index is 891. The SMILES string of the molecule is NC(=O)ON1CCC(CN2CCN(C(=O)c3ccc(N4CCC(=O)NC4=O)cc3)CC2)CC1. The second kappa shape index (κ2) is 10.2. The van der Waals surface area contributed by atoms with Crippen molar-refractivity contribution in [2.24, 2.45) is 11.7 Å². The molecule has 0 aromatic heterocycles. The van der Waals surface area contributed by atoms with Crippen LogP contribution in [-0.2, 0) is 9.63 Å². The predicted octanol–water partition coefficient (Wildman–Crippen LogP) is 0.613. The Hall–Kier alpha value is -3.18. The molecule has 3 aliphatic rings. The molecule has 3 heterocycles. The number of piperidine rings is 1. The number of hydrogen-bond acceptors (Lipinski definition) is 7. The van der Waals surface area contributed by atoms with Gasteiger partial charge in [-0.2, -0.15) is 0 Å². The number of rotatable bonds is 5. The highest BCUT2D eigenvalue weighted by Gasteiger charge is 2.28. The first-order chi connectivity index (χ1) is 15.9. The number of hydroxylamine groups is 2. The van der Waals surface area contributed by atoms with Gasteiger partial charge in [0, 0.05) is 70.0 Å². The average molecular weight is 459 g/mol. The fourth-order valence-electron chi connectivity index (χ4n) is 4.59. The second-order valence-electron chi connectivity index (χ2n) is 8.68. The maximum absolute atomic E-state index is 12.9. The molecule has 0 spiro atoms. The van der Waals surface area contributed by atoms with Crippen LogP contribution in [0, 0.1) is 5.92 Å². The van der Waals surface area contributed by atoms with Gasteiger partial charge in [0.2, 0.25) is 5.91 Å². The Balaban J connectivity index is 1.23. The lowest BCUT2D eigenvalue weighted by Crippen LogP contribution is -2.50. The van der Waals surface area contributed by atoms with Crippen LogP contribution in [0.25, 0.3) is 0 Å². The summed E-state index contributed by atoms with van der Waals surface area (Å²) in [5.74, 6) is 0.246. The first-order valence-corrected chi connectivity index (χ1v) is 11.3. The van der Waals surface area contributed by atoms with Crippen molar-refractivity contribution < 1.29 is 24.0 Å². The van der Waals surface area contributed by atoms with Crippen molar-refractivity contribution in [2.45, 2.75) is 19.3 Å². The zero-order chi connectivity index (χ0) is 23.4. The molecule has 0 unspecified atom stereocenters. The van der Waals surface area contributed by atoms with Gasteiger partial charge in [0.1, 0.15) is 0 Å². The van der Waals surface area contributed by atoms with Crippen molar-refractivity contribution in [3.8, 4) is 0 Å². The summed E-state index contributed by atoms with van der Waals surface area (Å²) < 4.78 is 0. The van der Waals surface area contributed by atoms with E-state index in [1.807, 2.05) is 4.90 Å². The fourth-order valence-corrected chi connectivity index (χ4v) is 4.59. The molecule has 11 heteroatoms. The van der Waals surface area contributed by atoms with Gasteiger partial charge >= 0.3 is 12.1 Å². The van der Waals surface area contributed by atoms with E-state index in [1.165, 1.54) is 4.90 Å². The molecule has 1 aromatic rings. The number of nitrogens with zero attached hydrogens (tertiary/aromatic N) is 4. The lowest BCUT2D eigenvalue weighted by molar-refractivity contribution is -0.120. The van der Waals surface area contributed by atoms with Crippen molar-refractivity contribution in [2.75, 3.05) is 57.3 Å². The highest BCUT2D eigenvalue weighted by Crippen LogP contribution is 2.21. The van der Waals surface area contributed by atoms with Gasteiger partial charge in [0.15, 0.2) is 0 Å². The molecule has 0 atom stereocenters. The number of nitrogens with one attached hydrogen (secondary N) is 1. The fraction of sp³-hybridized carbons (Fsp3) is 0.545. The molecule has 3 fully saturated rings. The summed E-state index contributed by atoms with van der Waals surface area (Å²) >= 11 is 0. The predicted molar refractivity (Wildman–Crippen MR) is 119 cm³/mol. The van der Waals surface area contributed by atoms with E-state index < -0.39 is 12.1 Å². The van der Waals surface area contributed by atoms with E-state index in [1.54, 1.807) is 29.3 Å².